The Morgan fingerprint density at radius 3 is 2.43 bits per heavy atom. The predicted molar refractivity (Wildman–Crippen MR) is 27.7 cm³/mol. The highest BCUT2D eigenvalue weighted by Gasteiger charge is 2.08. The maximum atomic E-state index is 10.2. The smallest absolute Gasteiger partial charge is 0.159 e. The van der Waals surface area contributed by atoms with Gasteiger partial charge in [0.05, 0.1) is 0 Å². The van der Waals surface area contributed by atoms with E-state index in [-0.39, 0.29) is 5.78 Å². The van der Waals surface area contributed by atoms with Crippen LogP contribution in [0.1, 0.15) is 12.8 Å². The standard InChI is InChI=1S/C6H7O/c1-5(7)6-3-2-4-6/h3H,1-2,4H2. The number of Topliss-reactive ketones (excluding diaryl/α,β-unsaturated/α-hetero) is 1. The highest BCUT2D eigenvalue weighted by Crippen LogP contribution is 2.17. The van der Waals surface area contributed by atoms with Crippen LogP contribution in [-0.4, -0.2) is 5.78 Å². The minimum Gasteiger partial charge on any atom is -0.295 e. The van der Waals surface area contributed by atoms with Crippen LogP contribution in [-0.2, 0) is 4.79 Å². The summed E-state index contributed by atoms with van der Waals surface area (Å²) in [5.41, 5.74) is 0.903. The van der Waals surface area contributed by atoms with Crippen molar-refractivity contribution in [3.63, 3.8) is 0 Å². The Kier molecular flexibility index (Phi) is 0.970. The number of carbonyl (C=O) groups excluding carboxylic acids is 1. The highest BCUT2D eigenvalue weighted by atomic mass is 16.1. The molecule has 0 aromatic heterocycles. The number of ketones is 1. The van der Waals surface area contributed by atoms with Crippen LogP contribution in [0, 0.1) is 6.92 Å². The summed E-state index contributed by atoms with van der Waals surface area (Å²) >= 11 is 0. The van der Waals surface area contributed by atoms with Gasteiger partial charge >= 0.3 is 0 Å². The summed E-state index contributed by atoms with van der Waals surface area (Å²) in [5, 5.41) is 0. The first-order valence-electron chi connectivity index (χ1n) is 2.36. The van der Waals surface area contributed by atoms with E-state index < -0.39 is 0 Å². The average molecular weight is 95.1 g/mol. The van der Waals surface area contributed by atoms with Crippen molar-refractivity contribution in [1.82, 2.24) is 0 Å². The Bertz CT molecular complexity index is 122. The van der Waals surface area contributed by atoms with Crippen LogP contribution in [0.15, 0.2) is 11.6 Å². The molecule has 0 saturated carbocycles. The highest BCUT2D eigenvalue weighted by molar-refractivity contribution is 5.99. The van der Waals surface area contributed by atoms with Gasteiger partial charge in [-0.25, -0.2) is 0 Å². The van der Waals surface area contributed by atoms with Gasteiger partial charge in [-0.1, -0.05) is 6.08 Å². The number of carbonyl (C=O) groups is 1. The molecule has 0 fully saturated rings. The maximum Gasteiger partial charge on any atom is 0.159 e. The van der Waals surface area contributed by atoms with Crippen LogP contribution >= 0.6 is 0 Å². The summed E-state index contributed by atoms with van der Waals surface area (Å²) in [6.45, 7) is 3.25. The van der Waals surface area contributed by atoms with Crippen molar-refractivity contribution in [2.75, 3.05) is 0 Å². The second kappa shape index (κ2) is 1.49. The minimum atomic E-state index is -0.00810. The van der Waals surface area contributed by atoms with E-state index in [0.29, 0.717) is 0 Å². The third-order valence-electron chi connectivity index (χ3n) is 1.16. The fraction of sp³-hybridized carbons (Fsp3) is 0.333. The molecule has 1 radical (unpaired) electrons. The largest absolute Gasteiger partial charge is 0.295 e. The Morgan fingerprint density at radius 2 is 2.43 bits per heavy atom. The first kappa shape index (κ1) is 4.57. The lowest BCUT2D eigenvalue weighted by Crippen LogP contribution is -2.02. The lowest BCUT2D eigenvalue weighted by Gasteiger charge is -2.08. The molecule has 1 nitrogen and oxygen atoms in total. The molecule has 0 saturated heterocycles. The summed E-state index contributed by atoms with van der Waals surface area (Å²) in [6.07, 6.45) is 3.94. The van der Waals surface area contributed by atoms with Gasteiger partial charge < -0.3 is 0 Å². The molecule has 0 heterocycles. The van der Waals surface area contributed by atoms with Crippen molar-refractivity contribution in [2.24, 2.45) is 0 Å². The van der Waals surface area contributed by atoms with Gasteiger partial charge in [0.2, 0.25) is 0 Å². The van der Waals surface area contributed by atoms with Crippen LogP contribution in [0.25, 0.3) is 0 Å². The van der Waals surface area contributed by atoms with Crippen molar-refractivity contribution in [3.05, 3.63) is 18.6 Å². The molecular formula is C6H7O. The van der Waals surface area contributed by atoms with Gasteiger partial charge in [0.1, 0.15) is 0 Å². The first-order chi connectivity index (χ1) is 3.30. The Labute approximate surface area is 43.0 Å². The van der Waals surface area contributed by atoms with Crippen molar-refractivity contribution in [1.29, 1.82) is 0 Å². The third-order valence-corrected chi connectivity index (χ3v) is 1.16. The van der Waals surface area contributed by atoms with Crippen molar-refractivity contribution >= 4 is 5.78 Å². The molecule has 0 spiro atoms. The van der Waals surface area contributed by atoms with E-state index in [9.17, 15) is 4.79 Å². The molecule has 0 bridgehead atoms. The van der Waals surface area contributed by atoms with Gasteiger partial charge in [-0.15, -0.1) is 0 Å². The van der Waals surface area contributed by atoms with E-state index in [1.165, 1.54) is 0 Å². The normalized spacial score (nSPS) is 17.6. The van der Waals surface area contributed by atoms with E-state index in [4.69, 9.17) is 0 Å². The molecule has 7 heavy (non-hydrogen) atoms. The quantitative estimate of drug-likeness (QED) is 0.476. The second-order valence-electron chi connectivity index (χ2n) is 1.69. The van der Waals surface area contributed by atoms with E-state index in [1.807, 2.05) is 6.08 Å². The predicted octanol–water partition coefficient (Wildman–Crippen LogP) is 1.11. The maximum absolute atomic E-state index is 10.2. The van der Waals surface area contributed by atoms with Crippen LogP contribution in [0.4, 0.5) is 0 Å². The molecule has 0 aliphatic heterocycles. The summed E-state index contributed by atoms with van der Waals surface area (Å²) in [4.78, 5) is 10.2. The number of allylic oxidation sites excluding steroid dienone is 2. The van der Waals surface area contributed by atoms with Crippen molar-refractivity contribution in [2.45, 2.75) is 12.8 Å². The Morgan fingerprint density at radius 1 is 1.86 bits per heavy atom. The zero-order valence-corrected chi connectivity index (χ0v) is 4.11. The van der Waals surface area contributed by atoms with Crippen LogP contribution < -0.4 is 0 Å². The number of hydrogen-bond acceptors (Lipinski definition) is 1. The zero-order valence-electron chi connectivity index (χ0n) is 4.11. The summed E-state index contributed by atoms with van der Waals surface area (Å²) < 4.78 is 0. The second-order valence-corrected chi connectivity index (χ2v) is 1.69. The molecule has 0 amide bonds. The molecule has 1 heteroatoms. The fourth-order valence-electron chi connectivity index (χ4n) is 0.542. The van der Waals surface area contributed by atoms with Crippen molar-refractivity contribution in [3.8, 4) is 0 Å². The van der Waals surface area contributed by atoms with E-state index in [1.54, 1.807) is 0 Å². The third kappa shape index (κ3) is 0.710. The van der Waals surface area contributed by atoms with E-state index in [2.05, 4.69) is 6.92 Å². The molecule has 1 aliphatic carbocycles. The number of rotatable bonds is 1. The molecule has 0 atom stereocenters. The average Bonchev–Trinajstić information content (AvgIpc) is 1.23. The van der Waals surface area contributed by atoms with Gasteiger partial charge in [-0.2, -0.15) is 0 Å². The van der Waals surface area contributed by atoms with Crippen LogP contribution in [0.5, 0.6) is 0 Å². The fourth-order valence-corrected chi connectivity index (χ4v) is 0.542. The summed E-state index contributed by atoms with van der Waals surface area (Å²) in [6, 6.07) is 0. The van der Waals surface area contributed by atoms with Gasteiger partial charge in [0.15, 0.2) is 5.78 Å². The summed E-state index contributed by atoms with van der Waals surface area (Å²) in [7, 11) is 0. The molecule has 0 unspecified atom stereocenters. The first-order valence-corrected chi connectivity index (χ1v) is 2.36. The van der Waals surface area contributed by atoms with E-state index >= 15 is 0 Å². The van der Waals surface area contributed by atoms with Crippen LogP contribution in [0.3, 0.4) is 0 Å². The SMILES string of the molecule is [CH2]C(=O)C1=CCC1. The molecule has 37 valence electrons. The van der Waals surface area contributed by atoms with Gasteiger partial charge in [-0.3, -0.25) is 4.79 Å². The molecule has 0 aromatic carbocycles. The molecule has 1 rings (SSSR count). The monoisotopic (exact) mass is 95.0 g/mol. The minimum absolute atomic E-state index is 0.00810. The Hall–Kier alpha value is -0.590. The summed E-state index contributed by atoms with van der Waals surface area (Å²) in [5.74, 6) is -0.00810. The molecular weight excluding hydrogens is 88.1 g/mol. The van der Waals surface area contributed by atoms with Gasteiger partial charge in [-0.05, 0) is 18.4 Å². The molecule has 0 aromatic rings. The lowest BCUT2D eigenvalue weighted by atomic mass is 9.96. The van der Waals surface area contributed by atoms with Gasteiger partial charge in [0, 0.05) is 6.92 Å². The molecule has 0 N–H and O–H groups in total. The van der Waals surface area contributed by atoms with Crippen molar-refractivity contribution < 1.29 is 4.79 Å². The topological polar surface area (TPSA) is 17.1 Å². The van der Waals surface area contributed by atoms with Gasteiger partial charge in [0.25, 0.3) is 0 Å². The van der Waals surface area contributed by atoms with Crippen LogP contribution in [0.2, 0.25) is 0 Å². The number of hydrogen-bond donors (Lipinski definition) is 0. The molecule has 1 aliphatic rings. The lowest BCUT2D eigenvalue weighted by molar-refractivity contribution is -0.111. The zero-order chi connectivity index (χ0) is 5.28. The van der Waals surface area contributed by atoms with E-state index in [0.717, 1.165) is 18.4 Å². The Balaban J connectivity index is 2.57.